The second-order valence-electron chi connectivity index (χ2n) is 5.29. The van der Waals surface area contributed by atoms with Gasteiger partial charge in [-0.15, -0.1) is 0 Å². The van der Waals surface area contributed by atoms with E-state index < -0.39 is 6.10 Å². The third-order valence-electron chi connectivity index (χ3n) is 3.52. The Bertz CT molecular complexity index is 468. The third kappa shape index (κ3) is 4.05. The van der Waals surface area contributed by atoms with Gasteiger partial charge in [0, 0.05) is 25.7 Å². The van der Waals surface area contributed by atoms with Crippen LogP contribution in [0.5, 0.6) is 0 Å². The summed E-state index contributed by atoms with van der Waals surface area (Å²) in [6.07, 6.45) is 4.49. The number of anilines is 1. The summed E-state index contributed by atoms with van der Waals surface area (Å²) in [6, 6.07) is 1.62. The van der Waals surface area contributed by atoms with Crippen LogP contribution in [-0.4, -0.2) is 47.2 Å². The molecule has 1 unspecified atom stereocenters. The molecule has 0 bridgehead atoms. The maximum Gasteiger partial charge on any atom is 0.268 e. The van der Waals surface area contributed by atoms with Crippen LogP contribution < -0.4 is 15.8 Å². The summed E-state index contributed by atoms with van der Waals surface area (Å²) in [4.78, 5) is 14.2. The van der Waals surface area contributed by atoms with Crippen LogP contribution in [0.3, 0.4) is 0 Å². The van der Waals surface area contributed by atoms with Crippen molar-refractivity contribution in [3.8, 4) is 0 Å². The van der Waals surface area contributed by atoms with E-state index in [0.29, 0.717) is 6.54 Å². The molecule has 0 spiro atoms. The molecule has 0 amide bonds. The molecule has 0 aliphatic carbocycles. The minimum Gasteiger partial charge on any atom is -0.390 e. The summed E-state index contributed by atoms with van der Waals surface area (Å²) in [5, 5.41) is 17.2. The lowest BCUT2D eigenvalue weighted by Crippen LogP contribution is -2.35. The van der Waals surface area contributed by atoms with Crippen molar-refractivity contribution >= 4 is 5.69 Å². The lowest BCUT2D eigenvalue weighted by atomic mass is 10.3. The molecule has 112 valence electrons. The monoisotopic (exact) mass is 280 g/mol. The number of aliphatic hydroxyl groups is 1. The topological polar surface area (TPSA) is 70.4 Å². The van der Waals surface area contributed by atoms with Gasteiger partial charge in [0.15, 0.2) is 0 Å². The second-order valence-corrected chi connectivity index (χ2v) is 5.29. The van der Waals surface area contributed by atoms with Gasteiger partial charge in [0.2, 0.25) is 0 Å². The number of hydrogen-bond acceptors (Lipinski definition) is 5. The Labute approximate surface area is 119 Å². The van der Waals surface area contributed by atoms with E-state index in [-0.39, 0.29) is 12.1 Å². The first kappa shape index (κ1) is 15.0. The van der Waals surface area contributed by atoms with Crippen molar-refractivity contribution in [1.29, 1.82) is 0 Å². The number of hydrogen-bond donors (Lipinski definition) is 2. The number of rotatable bonds is 7. The number of nitrogens with one attached hydrogen (secondary N) is 1. The predicted octanol–water partition coefficient (Wildman–Crippen LogP) is 0.204. The van der Waals surface area contributed by atoms with Gasteiger partial charge >= 0.3 is 0 Å². The molecular formula is C14H24N4O2. The minimum atomic E-state index is -0.593. The molecule has 1 aromatic rings. The molecule has 1 aromatic heterocycles. The quantitative estimate of drug-likeness (QED) is 0.698. The van der Waals surface area contributed by atoms with Gasteiger partial charge in [0.25, 0.3) is 5.56 Å². The zero-order valence-electron chi connectivity index (χ0n) is 12.1. The number of aromatic nitrogens is 2. The summed E-state index contributed by atoms with van der Waals surface area (Å²) in [6.45, 7) is 5.64. The van der Waals surface area contributed by atoms with Crippen molar-refractivity contribution in [2.45, 2.75) is 38.8 Å². The standard InChI is InChI=1S/C14H24N4O2/c1-2-5-15-10-13(19)11-18-14(20)8-12(9-16-18)17-6-3-4-7-17/h8-9,13,15,19H,2-7,10-11H2,1H3. The summed E-state index contributed by atoms with van der Waals surface area (Å²) in [5.41, 5.74) is 0.742. The van der Waals surface area contributed by atoms with Crippen LogP contribution in [0.4, 0.5) is 5.69 Å². The average molecular weight is 280 g/mol. The lowest BCUT2D eigenvalue weighted by molar-refractivity contribution is 0.145. The van der Waals surface area contributed by atoms with Crippen LogP contribution in [0.1, 0.15) is 26.2 Å². The number of nitrogens with zero attached hydrogens (tertiary/aromatic N) is 3. The van der Waals surface area contributed by atoms with Crippen molar-refractivity contribution in [2.75, 3.05) is 31.1 Å². The Morgan fingerprint density at radius 1 is 1.45 bits per heavy atom. The van der Waals surface area contributed by atoms with Crippen molar-refractivity contribution in [3.63, 3.8) is 0 Å². The van der Waals surface area contributed by atoms with Crippen LogP contribution in [0.2, 0.25) is 0 Å². The second kappa shape index (κ2) is 7.40. The summed E-state index contributed by atoms with van der Waals surface area (Å²) in [5.74, 6) is 0. The van der Waals surface area contributed by atoms with E-state index in [9.17, 15) is 9.90 Å². The smallest absolute Gasteiger partial charge is 0.268 e. The van der Waals surface area contributed by atoms with Crippen LogP contribution in [0, 0.1) is 0 Å². The average Bonchev–Trinajstić information content (AvgIpc) is 2.95. The van der Waals surface area contributed by atoms with Gasteiger partial charge in [0.05, 0.1) is 24.5 Å². The molecule has 1 atom stereocenters. The van der Waals surface area contributed by atoms with Crippen molar-refractivity contribution in [3.05, 3.63) is 22.6 Å². The SMILES string of the molecule is CCCNCC(O)Cn1ncc(N2CCCC2)cc1=O. The summed E-state index contributed by atoms with van der Waals surface area (Å²) >= 11 is 0. The van der Waals surface area contributed by atoms with Gasteiger partial charge in [-0.1, -0.05) is 6.92 Å². The molecule has 0 radical (unpaired) electrons. The van der Waals surface area contributed by atoms with E-state index in [1.807, 2.05) is 0 Å². The number of aliphatic hydroxyl groups excluding tert-OH is 1. The first-order valence-corrected chi connectivity index (χ1v) is 7.41. The third-order valence-corrected chi connectivity index (χ3v) is 3.52. The Kier molecular flexibility index (Phi) is 5.55. The van der Waals surface area contributed by atoms with Gasteiger partial charge < -0.3 is 15.3 Å². The molecule has 1 aliphatic rings. The largest absolute Gasteiger partial charge is 0.390 e. The predicted molar refractivity (Wildman–Crippen MR) is 79.1 cm³/mol. The molecule has 2 rings (SSSR count). The fraction of sp³-hybridized carbons (Fsp3) is 0.714. The van der Waals surface area contributed by atoms with Gasteiger partial charge in [-0.05, 0) is 25.8 Å². The molecule has 20 heavy (non-hydrogen) atoms. The Morgan fingerprint density at radius 3 is 2.85 bits per heavy atom. The van der Waals surface area contributed by atoms with Gasteiger partial charge in [-0.3, -0.25) is 4.79 Å². The Hall–Kier alpha value is -1.40. The van der Waals surface area contributed by atoms with Crippen LogP contribution in [0.25, 0.3) is 0 Å². The van der Waals surface area contributed by atoms with Crippen molar-refractivity contribution in [1.82, 2.24) is 15.1 Å². The van der Waals surface area contributed by atoms with Crippen molar-refractivity contribution < 1.29 is 5.11 Å². The van der Waals surface area contributed by atoms with Crippen LogP contribution in [-0.2, 0) is 6.54 Å². The molecule has 1 aliphatic heterocycles. The van der Waals surface area contributed by atoms with Gasteiger partial charge in [-0.25, -0.2) is 4.68 Å². The maximum absolute atomic E-state index is 12.0. The molecule has 2 N–H and O–H groups in total. The normalized spacial score (nSPS) is 16.6. The fourth-order valence-corrected chi connectivity index (χ4v) is 2.42. The first-order valence-electron chi connectivity index (χ1n) is 7.41. The van der Waals surface area contributed by atoms with E-state index >= 15 is 0 Å². The molecule has 1 saturated heterocycles. The van der Waals surface area contributed by atoms with Crippen LogP contribution in [0.15, 0.2) is 17.1 Å². The zero-order valence-corrected chi connectivity index (χ0v) is 12.1. The van der Waals surface area contributed by atoms with E-state index in [4.69, 9.17) is 0 Å². The Morgan fingerprint density at radius 2 is 2.20 bits per heavy atom. The first-order chi connectivity index (χ1) is 9.70. The zero-order chi connectivity index (χ0) is 14.4. The summed E-state index contributed by atoms with van der Waals surface area (Å²) in [7, 11) is 0. The molecule has 6 nitrogen and oxygen atoms in total. The highest BCUT2D eigenvalue weighted by Gasteiger charge is 2.14. The van der Waals surface area contributed by atoms with Crippen molar-refractivity contribution in [2.24, 2.45) is 0 Å². The van der Waals surface area contributed by atoms with Gasteiger partial charge in [0.1, 0.15) is 0 Å². The molecule has 0 saturated carbocycles. The minimum absolute atomic E-state index is 0.149. The van der Waals surface area contributed by atoms with E-state index in [0.717, 1.165) is 31.7 Å². The van der Waals surface area contributed by atoms with E-state index in [2.05, 4.69) is 22.2 Å². The van der Waals surface area contributed by atoms with E-state index in [1.165, 1.54) is 17.5 Å². The molecule has 2 heterocycles. The highest BCUT2D eigenvalue weighted by Crippen LogP contribution is 2.16. The molecular weight excluding hydrogens is 256 g/mol. The van der Waals surface area contributed by atoms with Crippen LogP contribution >= 0.6 is 0 Å². The Balaban J connectivity index is 1.93. The fourth-order valence-electron chi connectivity index (χ4n) is 2.42. The lowest BCUT2D eigenvalue weighted by Gasteiger charge is -2.18. The van der Waals surface area contributed by atoms with E-state index in [1.54, 1.807) is 12.3 Å². The molecule has 6 heteroatoms. The highest BCUT2D eigenvalue weighted by atomic mass is 16.3. The summed E-state index contributed by atoms with van der Waals surface area (Å²) < 4.78 is 1.33. The highest BCUT2D eigenvalue weighted by molar-refractivity contribution is 5.43. The molecule has 0 aromatic carbocycles. The molecule has 1 fully saturated rings. The van der Waals surface area contributed by atoms with Gasteiger partial charge in [-0.2, -0.15) is 5.10 Å². The maximum atomic E-state index is 12.0.